The average molecular weight is 601 g/mol. The van der Waals surface area contributed by atoms with Crippen molar-refractivity contribution < 1.29 is 23.8 Å². The summed E-state index contributed by atoms with van der Waals surface area (Å²) in [6.45, 7) is 7.89. The van der Waals surface area contributed by atoms with E-state index in [9.17, 15) is 9.59 Å². The Kier molecular flexibility index (Phi) is 8.17. The van der Waals surface area contributed by atoms with Crippen molar-refractivity contribution >= 4 is 39.2 Å². The summed E-state index contributed by atoms with van der Waals surface area (Å²) in [6.07, 6.45) is 1.67. The normalized spacial score (nSPS) is 16.1. The van der Waals surface area contributed by atoms with Crippen molar-refractivity contribution in [3.05, 3.63) is 87.3 Å². The molecule has 0 spiro atoms. The van der Waals surface area contributed by atoms with Crippen LogP contribution >= 0.6 is 11.3 Å². The van der Waals surface area contributed by atoms with E-state index in [1.165, 1.54) is 11.3 Å². The quantitative estimate of drug-likeness (QED) is 0.281. The molecule has 1 fully saturated rings. The number of amides is 1. The number of carbonyl (C=O) groups is 2. The second-order valence-corrected chi connectivity index (χ2v) is 12.8. The smallest absolute Gasteiger partial charge is 0.357 e. The topological polar surface area (TPSA) is 95.2 Å². The molecule has 43 heavy (non-hydrogen) atoms. The number of aromatic nitrogens is 2. The van der Waals surface area contributed by atoms with E-state index in [4.69, 9.17) is 19.2 Å². The molecule has 1 saturated heterocycles. The van der Waals surface area contributed by atoms with Gasteiger partial charge in [0, 0.05) is 32.1 Å². The molecule has 2 aromatic carbocycles. The molecule has 4 aromatic rings. The number of aryl methyl sites for hydroxylation is 2. The van der Waals surface area contributed by atoms with Crippen LogP contribution in [0.25, 0.3) is 10.2 Å². The third kappa shape index (κ3) is 6.41. The lowest BCUT2D eigenvalue weighted by molar-refractivity contribution is -0.0463. The Morgan fingerprint density at radius 3 is 2.63 bits per heavy atom. The van der Waals surface area contributed by atoms with Crippen LogP contribution in [0.3, 0.4) is 0 Å². The van der Waals surface area contributed by atoms with E-state index < -0.39 is 11.6 Å². The molecule has 0 unspecified atom stereocenters. The Balaban J connectivity index is 1.29. The number of fused-ring (bicyclic) bond motifs is 2. The fraction of sp³-hybridized carbons (Fsp3) is 0.394. The monoisotopic (exact) mass is 600 g/mol. The number of hydrogen-bond acceptors (Lipinski definition) is 8. The predicted octanol–water partition coefficient (Wildman–Crippen LogP) is 5.20. The summed E-state index contributed by atoms with van der Waals surface area (Å²) < 4.78 is 20.0. The molecule has 0 atom stereocenters. The molecule has 2 aromatic heterocycles. The number of benzene rings is 2. The highest BCUT2D eigenvalue weighted by Gasteiger charge is 2.27. The maximum absolute atomic E-state index is 13.6. The minimum Gasteiger partial charge on any atom is -0.455 e. The number of anilines is 1. The van der Waals surface area contributed by atoms with Crippen LogP contribution in [0.15, 0.2) is 59.6 Å². The predicted molar refractivity (Wildman–Crippen MR) is 165 cm³/mol. The molecule has 0 saturated carbocycles. The van der Waals surface area contributed by atoms with Gasteiger partial charge in [0.1, 0.15) is 11.4 Å². The highest BCUT2D eigenvalue weighted by molar-refractivity contribution is 7.16. The number of hydrogen-bond donors (Lipinski definition) is 0. The van der Waals surface area contributed by atoms with Crippen LogP contribution in [-0.2, 0) is 40.6 Å². The highest BCUT2D eigenvalue weighted by atomic mass is 32.1. The number of pyridine rings is 1. The van der Waals surface area contributed by atoms with Crippen LogP contribution in [0.1, 0.15) is 64.7 Å². The number of thiazole rings is 1. The van der Waals surface area contributed by atoms with Crippen LogP contribution in [0.4, 0.5) is 5.82 Å². The average Bonchev–Trinajstić information content (AvgIpc) is 3.62. The molecule has 1 amide bonds. The Morgan fingerprint density at radius 2 is 1.86 bits per heavy atom. The van der Waals surface area contributed by atoms with E-state index in [1.807, 2.05) is 80.9 Å². The first kappa shape index (κ1) is 29.2. The van der Waals surface area contributed by atoms with Gasteiger partial charge in [0.2, 0.25) is 0 Å². The van der Waals surface area contributed by atoms with Gasteiger partial charge in [0.15, 0.2) is 16.8 Å². The molecule has 6 rings (SSSR count). The zero-order valence-corrected chi connectivity index (χ0v) is 25.8. The highest BCUT2D eigenvalue weighted by Crippen LogP contribution is 2.28. The number of rotatable bonds is 6. The molecule has 0 bridgehead atoms. The van der Waals surface area contributed by atoms with E-state index >= 15 is 0 Å². The molecular weight excluding hydrogens is 564 g/mol. The second-order valence-electron chi connectivity index (χ2n) is 11.8. The van der Waals surface area contributed by atoms with Gasteiger partial charge in [0.05, 0.1) is 23.4 Å². The van der Waals surface area contributed by atoms with E-state index in [0.29, 0.717) is 61.0 Å². The second kappa shape index (κ2) is 12.0. The largest absolute Gasteiger partial charge is 0.455 e. The molecule has 0 N–H and O–H groups in total. The number of nitrogens with zero attached hydrogens (tertiary/aromatic N) is 4. The van der Waals surface area contributed by atoms with Gasteiger partial charge < -0.3 is 23.7 Å². The lowest BCUT2D eigenvalue weighted by atomic mass is 9.94. The first-order chi connectivity index (χ1) is 20.7. The first-order valence-electron chi connectivity index (χ1n) is 14.6. The van der Waals surface area contributed by atoms with Crippen LogP contribution in [0.5, 0.6) is 0 Å². The van der Waals surface area contributed by atoms with Crippen LogP contribution < -0.4 is 9.70 Å². The van der Waals surface area contributed by atoms with Crippen molar-refractivity contribution in [3.63, 3.8) is 0 Å². The van der Waals surface area contributed by atoms with Crippen molar-refractivity contribution in [1.82, 2.24) is 9.55 Å². The van der Waals surface area contributed by atoms with Crippen molar-refractivity contribution in [3.8, 4) is 0 Å². The number of ether oxygens (including phenoxy) is 3. The minimum atomic E-state index is -0.655. The van der Waals surface area contributed by atoms with Gasteiger partial charge in [-0.1, -0.05) is 41.7 Å². The van der Waals surface area contributed by atoms with Crippen molar-refractivity contribution in [1.29, 1.82) is 0 Å². The fourth-order valence-electron chi connectivity index (χ4n) is 5.52. The van der Waals surface area contributed by atoms with Gasteiger partial charge in [-0.15, -0.1) is 0 Å². The van der Waals surface area contributed by atoms with Crippen molar-refractivity contribution in [2.24, 2.45) is 12.0 Å². The Labute approximate surface area is 254 Å². The zero-order valence-electron chi connectivity index (χ0n) is 25.0. The van der Waals surface area contributed by atoms with E-state index in [1.54, 1.807) is 0 Å². The lowest BCUT2D eigenvalue weighted by Gasteiger charge is -2.31. The van der Waals surface area contributed by atoms with Crippen molar-refractivity contribution in [2.45, 2.75) is 58.5 Å². The summed E-state index contributed by atoms with van der Waals surface area (Å²) in [5.41, 5.74) is 4.12. The first-order valence-corrected chi connectivity index (χ1v) is 15.4. The van der Waals surface area contributed by atoms with Gasteiger partial charge in [0.25, 0.3) is 5.91 Å². The van der Waals surface area contributed by atoms with Gasteiger partial charge in [-0.05, 0) is 74.6 Å². The minimum absolute atomic E-state index is 0.269. The Morgan fingerprint density at radius 1 is 1.07 bits per heavy atom. The molecule has 2 aliphatic rings. The summed E-state index contributed by atoms with van der Waals surface area (Å²) in [6, 6.07) is 17.7. The summed E-state index contributed by atoms with van der Waals surface area (Å²) in [4.78, 5) is 39.0. The molecule has 10 heteroatoms. The molecule has 4 heterocycles. The Hall–Kier alpha value is -3.86. The molecule has 9 nitrogen and oxygen atoms in total. The molecular formula is C33H36N4O5S. The molecule has 0 radical (unpaired) electrons. The summed E-state index contributed by atoms with van der Waals surface area (Å²) in [5.74, 6) is -0.0606. The third-order valence-corrected chi connectivity index (χ3v) is 8.75. The number of esters is 1. The van der Waals surface area contributed by atoms with E-state index in [0.717, 1.165) is 33.3 Å². The summed E-state index contributed by atoms with van der Waals surface area (Å²) >= 11 is 1.50. The lowest BCUT2D eigenvalue weighted by Crippen LogP contribution is -2.33. The summed E-state index contributed by atoms with van der Waals surface area (Å²) in [5, 5.41) is 0. The zero-order chi connectivity index (χ0) is 30.1. The third-order valence-electron chi connectivity index (χ3n) is 7.64. The number of carbonyl (C=O) groups excluding carboxylic acids is 2. The van der Waals surface area contributed by atoms with Gasteiger partial charge in [-0.25, -0.2) is 9.78 Å². The van der Waals surface area contributed by atoms with Gasteiger partial charge in [-0.3, -0.25) is 4.79 Å². The molecule has 2 aliphatic heterocycles. The van der Waals surface area contributed by atoms with Crippen LogP contribution in [0, 0.1) is 0 Å². The fourth-order valence-corrected chi connectivity index (χ4v) is 6.53. The van der Waals surface area contributed by atoms with Crippen molar-refractivity contribution in [2.75, 3.05) is 24.7 Å². The standard InChI is InChI=1S/C33H36N4O5S/c1-33(2,3)42-31(39)29-22(13-15-28-40-18-19-41-28)12-14-27(34-29)37-17-16-21-8-7-9-23(24(21)20-37)30(38)35-32-36(4)25-10-5-6-11-26(25)43-32/h5-12,14,28H,13,15-20H2,1-4H3. The Bertz CT molecular complexity index is 1750. The maximum atomic E-state index is 13.6. The van der Waals surface area contributed by atoms with Crippen LogP contribution in [-0.4, -0.2) is 53.1 Å². The summed E-state index contributed by atoms with van der Waals surface area (Å²) in [7, 11) is 1.93. The van der Waals surface area contributed by atoms with Gasteiger partial charge >= 0.3 is 5.97 Å². The SMILES string of the molecule is Cn1c(=NC(=O)c2cccc3c2CN(c2ccc(CCC4OCCO4)c(C(=O)OC(C)(C)C)n2)CC3)sc2ccccc21. The van der Waals surface area contributed by atoms with E-state index in [2.05, 4.69) is 16.0 Å². The van der Waals surface area contributed by atoms with E-state index in [-0.39, 0.29) is 12.2 Å². The molecule has 224 valence electrons. The number of para-hydroxylation sites is 1. The maximum Gasteiger partial charge on any atom is 0.357 e. The molecule has 0 aliphatic carbocycles. The van der Waals surface area contributed by atoms with Crippen LogP contribution in [0.2, 0.25) is 0 Å². The van der Waals surface area contributed by atoms with Gasteiger partial charge in [-0.2, -0.15) is 4.99 Å².